The Morgan fingerprint density at radius 3 is 2.73 bits per heavy atom. The number of carbonyl (C=O) groups excluding carboxylic acids is 3. The van der Waals surface area contributed by atoms with Crippen LogP contribution in [0.3, 0.4) is 0 Å². The first-order valence-corrected chi connectivity index (χ1v) is 9.59. The van der Waals surface area contributed by atoms with E-state index >= 15 is 0 Å². The molecule has 1 heterocycles. The molecular formula is C19H24BrN3O3. The summed E-state index contributed by atoms with van der Waals surface area (Å²) in [6.07, 6.45) is 2.23. The molecule has 2 N–H and O–H groups in total. The van der Waals surface area contributed by atoms with Gasteiger partial charge in [-0.3, -0.25) is 14.5 Å². The Balaban J connectivity index is 1.72. The van der Waals surface area contributed by atoms with Gasteiger partial charge in [-0.1, -0.05) is 42.8 Å². The number of nitrogens with zero attached hydrogens (tertiary/aromatic N) is 1. The molecule has 2 aliphatic rings. The number of carbonyl (C=O) groups is 3. The summed E-state index contributed by atoms with van der Waals surface area (Å²) < 4.78 is 0.836. The van der Waals surface area contributed by atoms with Crippen LogP contribution in [-0.2, 0) is 9.59 Å². The van der Waals surface area contributed by atoms with Gasteiger partial charge in [0.05, 0.1) is 0 Å². The SMILES string of the molecule is C[C@@H]1CC(C)(C)C[C@@]2(C1)NC(=O)N(CC(=O)Nc1cccc(Br)c1)C2=O. The molecule has 3 rings (SSSR count). The smallest absolute Gasteiger partial charge is 0.324 e. The molecule has 0 unspecified atom stereocenters. The van der Waals surface area contributed by atoms with Crippen molar-refractivity contribution in [3.05, 3.63) is 28.7 Å². The molecule has 1 saturated heterocycles. The summed E-state index contributed by atoms with van der Waals surface area (Å²) in [5.74, 6) is -0.350. The molecule has 2 fully saturated rings. The van der Waals surface area contributed by atoms with Crippen LogP contribution in [0.1, 0.15) is 40.0 Å². The molecule has 140 valence electrons. The van der Waals surface area contributed by atoms with Crippen molar-refractivity contribution in [2.24, 2.45) is 11.3 Å². The standard InChI is InChI=1S/C19H24BrN3O3/c1-12-8-18(2,3)11-19(9-12)16(25)23(17(26)22-19)10-15(24)21-14-6-4-5-13(20)7-14/h4-7,12H,8-11H2,1-3H3,(H,21,24)(H,22,26)/t12-,19-/m1/s1. The highest BCUT2D eigenvalue weighted by atomic mass is 79.9. The van der Waals surface area contributed by atoms with E-state index in [0.29, 0.717) is 24.4 Å². The van der Waals surface area contributed by atoms with Crippen molar-refractivity contribution in [1.29, 1.82) is 0 Å². The summed E-state index contributed by atoms with van der Waals surface area (Å²) in [4.78, 5) is 38.8. The third kappa shape index (κ3) is 3.77. The molecule has 1 aliphatic heterocycles. The van der Waals surface area contributed by atoms with Crippen LogP contribution in [0.2, 0.25) is 0 Å². The maximum Gasteiger partial charge on any atom is 0.325 e. The number of halogens is 1. The fourth-order valence-electron chi connectivity index (χ4n) is 4.56. The van der Waals surface area contributed by atoms with Gasteiger partial charge >= 0.3 is 6.03 Å². The Kier molecular flexibility index (Phi) is 4.86. The third-order valence-corrected chi connectivity index (χ3v) is 5.53. The molecule has 1 aliphatic carbocycles. The summed E-state index contributed by atoms with van der Waals surface area (Å²) in [6, 6.07) is 6.68. The van der Waals surface area contributed by atoms with E-state index in [2.05, 4.69) is 47.3 Å². The average Bonchev–Trinajstić information content (AvgIpc) is 2.68. The van der Waals surface area contributed by atoms with Crippen molar-refractivity contribution in [3.8, 4) is 0 Å². The molecule has 4 amide bonds. The maximum absolute atomic E-state index is 13.0. The average molecular weight is 422 g/mol. The molecule has 0 aromatic heterocycles. The minimum absolute atomic E-state index is 0.0325. The van der Waals surface area contributed by atoms with Crippen LogP contribution in [0.5, 0.6) is 0 Å². The monoisotopic (exact) mass is 421 g/mol. The van der Waals surface area contributed by atoms with Gasteiger partial charge in [0.15, 0.2) is 0 Å². The van der Waals surface area contributed by atoms with Gasteiger partial charge < -0.3 is 10.6 Å². The lowest BCUT2D eigenvalue weighted by molar-refractivity contribution is -0.136. The number of amides is 4. The number of urea groups is 1. The summed E-state index contributed by atoms with van der Waals surface area (Å²) >= 11 is 3.34. The Bertz CT molecular complexity index is 764. The quantitative estimate of drug-likeness (QED) is 0.732. The van der Waals surface area contributed by atoms with Crippen molar-refractivity contribution in [1.82, 2.24) is 10.2 Å². The predicted octanol–water partition coefficient (Wildman–Crippen LogP) is 3.52. The van der Waals surface area contributed by atoms with Crippen LogP contribution in [-0.4, -0.2) is 34.8 Å². The zero-order valence-electron chi connectivity index (χ0n) is 15.3. The van der Waals surface area contributed by atoms with E-state index in [1.807, 2.05) is 6.07 Å². The molecule has 0 radical (unpaired) electrons. The van der Waals surface area contributed by atoms with Crippen molar-refractivity contribution in [2.75, 3.05) is 11.9 Å². The molecule has 7 heteroatoms. The molecule has 6 nitrogen and oxygen atoms in total. The lowest BCUT2D eigenvalue weighted by Crippen LogP contribution is -2.54. The van der Waals surface area contributed by atoms with Gasteiger partial charge in [-0.25, -0.2) is 4.79 Å². The van der Waals surface area contributed by atoms with E-state index in [1.165, 1.54) is 0 Å². The van der Waals surface area contributed by atoms with Gasteiger partial charge in [-0.15, -0.1) is 0 Å². The summed E-state index contributed by atoms with van der Waals surface area (Å²) in [5.41, 5.74) is -0.303. The minimum atomic E-state index is -0.881. The number of hydrogen-bond acceptors (Lipinski definition) is 3. The van der Waals surface area contributed by atoms with Crippen LogP contribution in [0.15, 0.2) is 28.7 Å². The fraction of sp³-hybridized carbons (Fsp3) is 0.526. The number of hydrogen-bond donors (Lipinski definition) is 2. The highest BCUT2D eigenvalue weighted by Gasteiger charge is 2.56. The number of benzene rings is 1. The molecule has 1 spiro atoms. The van der Waals surface area contributed by atoms with Gasteiger partial charge in [-0.2, -0.15) is 0 Å². The van der Waals surface area contributed by atoms with E-state index in [9.17, 15) is 14.4 Å². The van der Waals surface area contributed by atoms with Crippen molar-refractivity contribution < 1.29 is 14.4 Å². The van der Waals surface area contributed by atoms with E-state index in [1.54, 1.807) is 18.2 Å². The minimum Gasteiger partial charge on any atom is -0.324 e. The van der Waals surface area contributed by atoms with Gasteiger partial charge in [0, 0.05) is 10.2 Å². The lowest BCUT2D eigenvalue weighted by atomic mass is 9.64. The Labute approximate surface area is 161 Å². The fourth-order valence-corrected chi connectivity index (χ4v) is 4.96. The van der Waals surface area contributed by atoms with Crippen molar-refractivity contribution >= 4 is 39.5 Å². The van der Waals surface area contributed by atoms with Crippen LogP contribution >= 0.6 is 15.9 Å². The molecule has 1 saturated carbocycles. The van der Waals surface area contributed by atoms with Crippen LogP contribution in [0.25, 0.3) is 0 Å². The first kappa shape index (κ1) is 18.9. The third-order valence-electron chi connectivity index (χ3n) is 5.03. The van der Waals surface area contributed by atoms with E-state index in [4.69, 9.17) is 0 Å². The van der Waals surface area contributed by atoms with E-state index < -0.39 is 17.5 Å². The zero-order valence-corrected chi connectivity index (χ0v) is 16.9. The number of anilines is 1. The van der Waals surface area contributed by atoms with Gasteiger partial charge in [0.2, 0.25) is 5.91 Å². The van der Waals surface area contributed by atoms with Crippen molar-refractivity contribution in [2.45, 2.75) is 45.6 Å². The predicted molar refractivity (Wildman–Crippen MR) is 103 cm³/mol. The van der Waals surface area contributed by atoms with Gasteiger partial charge in [0.25, 0.3) is 5.91 Å². The normalized spacial score (nSPS) is 27.5. The molecule has 26 heavy (non-hydrogen) atoms. The lowest BCUT2D eigenvalue weighted by Gasteiger charge is -2.43. The second kappa shape index (κ2) is 6.68. The first-order chi connectivity index (χ1) is 12.1. The second-order valence-corrected chi connectivity index (χ2v) is 9.23. The number of nitrogens with one attached hydrogen (secondary N) is 2. The maximum atomic E-state index is 13.0. The number of imide groups is 1. The zero-order chi connectivity index (χ0) is 19.1. The largest absolute Gasteiger partial charge is 0.325 e. The van der Waals surface area contributed by atoms with Crippen LogP contribution in [0.4, 0.5) is 10.5 Å². The van der Waals surface area contributed by atoms with Gasteiger partial charge in [0.1, 0.15) is 12.1 Å². The Hall–Kier alpha value is -1.89. The summed E-state index contributed by atoms with van der Waals surface area (Å²) in [7, 11) is 0. The molecule has 1 aromatic rings. The summed E-state index contributed by atoms with van der Waals surface area (Å²) in [5, 5.41) is 5.61. The number of rotatable bonds is 3. The van der Waals surface area contributed by atoms with Gasteiger partial charge in [-0.05, 0) is 48.8 Å². The second-order valence-electron chi connectivity index (χ2n) is 8.32. The topological polar surface area (TPSA) is 78.5 Å². The Morgan fingerprint density at radius 1 is 1.35 bits per heavy atom. The highest BCUT2D eigenvalue weighted by molar-refractivity contribution is 9.10. The molecular weight excluding hydrogens is 398 g/mol. The Morgan fingerprint density at radius 2 is 2.08 bits per heavy atom. The van der Waals surface area contributed by atoms with E-state index in [0.717, 1.165) is 15.8 Å². The first-order valence-electron chi connectivity index (χ1n) is 8.80. The highest BCUT2D eigenvalue weighted by Crippen LogP contribution is 2.46. The molecule has 1 aromatic carbocycles. The summed E-state index contributed by atoms with van der Waals surface area (Å²) in [6.45, 7) is 6.05. The van der Waals surface area contributed by atoms with Crippen LogP contribution < -0.4 is 10.6 Å². The van der Waals surface area contributed by atoms with E-state index in [-0.39, 0.29) is 17.9 Å². The van der Waals surface area contributed by atoms with Crippen molar-refractivity contribution in [3.63, 3.8) is 0 Å². The molecule has 2 atom stereocenters. The molecule has 0 bridgehead atoms. The van der Waals surface area contributed by atoms with Crippen LogP contribution in [0, 0.1) is 11.3 Å².